The van der Waals surface area contributed by atoms with Gasteiger partial charge >= 0.3 is 0 Å². The number of morpholine rings is 1. The minimum Gasteiger partial charge on any atom is -0.387 e. The number of hydrogen-bond donors (Lipinski definition) is 1. The molecule has 0 aliphatic carbocycles. The first-order valence-corrected chi connectivity index (χ1v) is 6.97. The van der Waals surface area contributed by atoms with E-state index in [4.69, 9.17) is 16.3 Å². The van der Waals surface area contributed by atoms with E-state index in [0.29, 0.717) is 23.7 Å². The molecule has 1 N–H and O–H groups in total. The summed E-state index contributed by atoms with van der Waals surface area (Å²) in [7, 11) is 1.81. The van der Waals surface area contributed by atoms with Gasteiger partial charge in [-0.15, -0.1) is 0 Å². The van der Waals surface area contributed by atoms with Crippen LogP contribution in [0.2, 0.25) is 5.02 Å². The predicted molar refractivity (Wildman–Crippen MR) is 74.8 cm³/mol. The number of halogens is 1. The number of amides is 1. The molecule has 2 bridgehead atoms. The van der Waals surface area contributed by atoms with E-state index in [-0.39, 0.29) is 18.1 Å². The van der Waals surface area contributed by atoms with Crippen molar-refractivity contribution < 1.29 is 9.53 Å². The van der Waals surface area contributed by atoms with Gasteiger partial charge in [0, 0.05) is 30.8 Å². The summed E-state index contributed by atoms with van der Waals surface area (Å²) in [5, 5.41) is 3.63. The van der Waals surface area contributed by atoms with Crippen LogP contribution in [0.5, 0.6) is 0 Å². The van der Waals surface area contributed by atoms with Crippen molar-refractivity contribution in [2.45, 2.75) is 25.0 Å². The molecular formula is C14H17ClN2O2. The highest BCUT2D eigenvalue weighted by molar-refractivity contribution is 6.31. The Hall–Kier alpha value is -1.26. The first-order valence-electron chi connectivity index (χ1n) is 6.59. The van der Waals surface area contributed by atoms with Crippen LogP contribution < -0.4 is 5.32 Å². The summed E-state index contributed by atoms with van der Waals surface area (Å²) >= 11 is 6.00. The van der Waals surface area contributed by atoms with E-state index in [0.717, 1.165) is 18.5 Å². The van der Waals surface area contributed by atoms with Gasteiger partial charge in [0.15, 0.2) is 0 Å². The molecule has 4 nitrogen and oxygen atoms in total. The molecule has 2 saturated heterocycles. The van der Waals surface area contributed by atoms with E-state index >= 15 is 0 Å². The number of nitrogens with zero attached hydrogens (tertiary/aromatic N) is 1. The fourth-order valence-electron chi connectivity index (χ4n) is 2.86. The summed E-state index contributed by atoms with van der Waals surface area (Å²) in [6.07, 6.45) is 2.53. The first kappa shape index (κ1) is 12.8. The fraction of sp³-hybridized carbons (Fsp3) is 0.500. The second-order valence-corrected chi connectivity index (χ2v) is 5.54. The molecule has 5 heteroatoms. The maximum atomic E-state index is 12.6. The van der Waals surface area contributed by atoms with Gasteiger partial charge < -0.3 is 15.0 Å². The second kappa shape index (κ2) is 5.02. The highest BCUT2D eigenvalue weighted by atomic mass is 35.5. The third-order valence-electron chi connectivity index (χ3n) is 3.81. The van der Waals surface area contributed by atoms with Crippen molar-refractivity contribution in [2.24, 2.45) is 0 Å². The average molecular weight is 281 g/mol. The van der Waals surface area contributed by atoms with Gasteiger partial charge in [-0.3, -0.25) is 4.79 Å². The van der Waals surface area contributed by atoms with Gasteiger partial charge in [-0.25, -0.2) is 0 Å². The predicted octanol–water partition coefficient (Wildman–Crippen LogP) is 2.39. The van der Waals surface area contributed by atoms with Gasteiger partial charge in [0.05, 0.1) is 17.8 Å². The van der Waals surface area contributed by atoms with Crippen LogP contribution in [0.3, 0.4) is 0 Å². The topological polar surface area (TPSA) is 41.6 Å². The number of fused-ring (bicyclic) bond motifs is 2. The van der Waals surface area contributed by atoms with Crippen LogP contribution in [-0.4, -0.2) is 43.2 Å². The van der Waals surface area contributed by atoms with Crippen molar-refractivity contribution in [3.8, 4) is 0 Å². The Bertz CT molecular complexity index is 494. The van der Waals surface area contributed by atoms with Crippen LogP contribution in [0.15, 0.2) is 18.2 Å². The maximum Gasteiger partial charge on any atom is 0.256 e. The van der Waals surface area contributed by atoms with Gasteiger partial charge in [0.25, 0.3) is 5.91 Å². The summed E-state index contributed by atoms with van der Waals surface area (Å²) in [5.41, 5.74) is 1.45. The first-order chi connectivity index (χ1) is 9.17. The molecule has 1 amide bonds. The zero-order valence-corrected chi connectivity index (χ0v) is 11.6. The molecule has 1 aromatic rings. The van der Waals surface area contributed by atoms with Crippen molar-refractivity contribution >= 4 is 23.2 Å². The molecular weight excluding hydrogens is 264 g/mol. The summed E-state index contributed by atoms with van der Waals surface area (Å²) < 4.78 is 5.76. The number of likely N-dealkylation sites (tertiary alicyclic amines) is 1. The smallest absolute Gasteiger partial charge is 0.256 e. The summed E-state index contributed by atoms with van der Waals surface area (Å²) in [6.45, 7) is 1.37. The van der Waals surface area contributed by atoms with E-state index in [1.165, 1.54) is 0 Å². The quantitative estimate of drug-likeness (QED) is 0.904. The Morgan fingerprint density at radius 3 is 2.68 bits per heavy atom. The average Bonchev–Trinajstić information content (AvgIpc) is 2.76. The van der Waals surface area contributed by atoms with E-state index in [1.807, 2.05) is 18.0 Å². The summed E-state index contributed by atoms with van der Waals surface area (Å²) in [4.78, 5) is 14.5. The molecule has 2 unspecified atom stereocenters. The Morgan fingerprint density at radius 1 is 1.37 bits per heavy atom. The maximum absolute atomic E-state index is 12.6. The van der Waals surface area contributed by atoms with Crippen LogP contribution in [0, 0.1) is 0 Å². The SMILES string of the molecule is CNc1ccc(Cl)cc1C(=O)N1CC2CCC(C1)O2. The van der Waals surface area contributed by atoms with Gasteiger partial charge in [-0.05, 0) is 31.0 Å². The number of ether oxygens (including phenoxy) is 1. The second-order valence-electron chi connectivity index (χ2n) is 5.11. The zero-order chi connectivity index (χ0) is 13.4. The molecule has 2 aliphatic heterocycles. The van der Waals surface area contributed by atoms with Gasteiger partial charge in [-0.2, -0.15) is 0 Å². The minimum atomic E-state index is 0.0343. The Labute approximate surface area is 117 Å². The van der Waals surface area contributed by atoms with E-state index in [1.54, 1.807) is 12.1 Å². The van der Waals surface area contributed by atoms with Crippen molar-refractivity contribution in [2.75, 3.05) is 25.5 Å². The minimum absolute atomic E-state index is 0.0343. The lowest BCUT2D eigenvalue weighted by molar-refractivity contribution is -0.0303. The van der Waals surface area contributed by atoms with Crippen molar-refractivity contribution in [3.05, 3.63) is 28.8 Å². The van der Waals surface area contributed by atoms with Crippen LogP contribution >= 0.6 is 11.6 Å². The molecule has 1 aromatic carbocycles. The normalized spacial score (nSPS) is 25.5. The van der Waals surface area contributed by atoms with Crippen molar-refractivity contribution in [1.82, 2.24) is 4.90 Å². The standard InChI is InChI=1S/C14H17ClN2O2/c1-16-13-5-2-9(15)6-12(13)14(18)17-7-10-3-4-11(8-17)19-10/h2,5-6,10-11,16H,3-4,7-8H2,1H3. The van der Waals surface area contributed by atoms with Crippen LogP contribution in [0.25, 0.3) is 0 Å². The highest BCUT2D eigenvalue weighted by Gasteiger charge is 2.36. The Balaban J connectivity index is 1.85. The van der Waals surface area contributed by atoms with E-state index < -0.39 is 0 Å². The number of nitrogens with one attached hydrogen (secondary N) is 1. The third-order valence-corrected chi connectivity index (χ3v) is 4.05. The Kier molecular flexibility index (Phi) is 3.37. The zero-order valence-electron chi connectivity index (χ0n) is 10.9. The molecule has 2 fully saturated rings. The molecule has 2 heterocycles. The molecule has 0 saturated carbocycles. The lowest BCUT2D eigenvalue weighted by Crippen LogP contribution is -2.45. The molecule has 2 aliphatic rings. The third kappa shape index (κ3) is 2.42. The summed E-state index contributed by atoms with van der Waals surface area (Å²) in [5.74, 6) is 0.0343. The van der Waals surface area contributed by atoms with E-state index in [2.05, 4.69) is 5.32 Å². The number of anilines is 1. The number of carbonyl (C=O) groups is 1. The monoisotopic (exact) mass is 280 g/mol. The van der Waals surface area contributed by atoms with Gasteiger partial charge in [0.1, 0.15) is 0 Å². The number of rotatable bonds is 2. The van der Waals surface area contributed by atoms with Crippen molar-refractivity contribution in [3.63, 3.8) is 0 Å². The van der Waals surface area contributed by atoms with Gasteiger partial charge in [-0.1, -0.05) is 11.6 Å². The fourth-order valence-corrected chi connectivity index (χ4v) is 3.03. The molecule has 102 valence electrons. The van der Waals surface area contributed by atoms with E-state index in [9.17, 15) is 4.79 Å². The molecule has 2 atom stereocenters. The van der Waals surface area contributed by atoms with Gasteiger partial charge in [0.2, 0.25) is 0 Å². The molecule has 0 radical (unpaired) electrons. The highest BCUT2D eigenvalue weighted by Crippen LogP contribution is 2.29. The largest absolute Gasteiger partial charge is 0.387 e. The number of carbonyl (C=O) groups excluding carboxylic acids is 1. The molecule has 0 aromatic heterocycles. The van der Waals surface area contributed by atoms with Crippen LogP contribution in [-0.2, 0) is 4.74 Å². The van der Waals surface area contributed by atoms with Crippen LogP contribution in [0.4, 0.5) is 5.69 Å². The molecule has 3 rings (SSSR count). The lowest BCUT2D eigenvalue weighted by atomic mass is 10.1. The summed E-state index contributed by atoms with van der Waals surface area (Å²) in [6, 6.07) is 5.35. The molecule has 0 spiro atoms. The van der Waals surface area contributed by atoms with Crippen LogP contribution in [0.1, 0.15) is 23.2 Å². The lowest BCUT2D eigenvalue weighted by Gasteiger charge is -2.32. The van der Waals surface area contributed by atoms with Crippen molar-refractivity contribution in [1.29, 1.82) is 0 Å². The number of hydrogen-bond acceptors (Lipinski definition) is 3. The molecule has 19 heavy (non-hydrogen) atoms. The Morgan fingerprint density at radius 2 is 2.05 bits per heavy atom. The number of benzene rings is 1.